The smallest absolute Gasteiger partial charge is 0.191 e. The molecule has 3 nitrogen and oxygen atoms in total. The molecule has 3 rings (SSSR count). The van der Waals surface area contributed by atoms with Crippen LogP contribution in [-0.2, 0) is 5.41 Å². The van der Waals surface area contributed by atoms with E-state index in [1.165, 1.54) is 12.1 Å². The van der Waals surface area contributed by atoms with Gasteiger partial charge < -0.3 is 10.6 Å². The van der Waals surface area contributed by atoms with Gasteiger partial charge in [0.15, 0.2) is 5.96 Å². The van der Waals surface area contributed by atoms with E-state index in [-0.39, 0.29) is 5.41 Å². The standard InChI is InChI=1S/C15H19F2N3/c1-20(11-3-4-11)14(18)19-9-15(6-7-15)12-5-2-10(16)8-13(12)17/h2,5,8,11H,3-4,6-7,9H2,1H3,(H2,18,19). The van der Waals surface area contributed by atoms with Gasteiger partial charge in [0.2, 0.25) is 0 Å². The maximum Gasteiger partial charge on any atom is 0.191 e. The summed E-state index contributed by atoms with van der Waals surface area (Å²) in [6, 6.07) is 4.30. The van der Waals surface area contributed by atoms with Crippen molar-refractivity contribution in [3.63, 3.8) is 0 Å². The van der Waals surface area contributed by atoms with E-state index in [0.29, 0.717) is 24.1 Å². The van der Waals surface area contributed by atoms with Crippen LogP contribution in [0.1, 0.15) is 31.2 Å². The number of hydrogen-bond donors (Lipinski definition) is 1. The predicted molar refractivity (Wildman–Crippen MR) is 74.5 cm³/mol. The minimum absolute atomic E-state index is 0.285. The molecule has 0 heterocycles. The van der Waals surface area contributed by atoms with E-state index < -0.39 is 11.6 Å². The molecule has 1 aromatic carbocycles. The lowest BCUT2D eigenvalue weighted by Crippen LogP contribution is -2.36. The summed E-state index contributed by atoms with van der Waals surface area (Å²) in [5.74, 6) is -0.508. The Bertz CT molecular complexity index is 548. The molecule has 5 heteroatoms. The summed E-state index contributed by atoms with van der Waals surface area (Å²) in [7, 11) is 1.94. The Morgan fingerprint density at radius 1 is 1.40 bits per heavy atom. The van der Waals surface area contributed by atoms with Crippen LogP contribution in [0.3, 0.4) is 0 Å². The molecular weight excluding hydrogens is 260 g/mol. The molecule has 0 bridgehead atoms. The third-order valence-electron chi connectivity index (χ3n) is 4.36. The number of nitrogens with two attached hydrogens (primary N) is 1. The summed E-state index contributed by atoms with van der Waals surface area (Å²) in [6.45, 7) is 0.471. The highest BCUT2D eigenvalue weighted by Crippen LogP contribution is 2.49. The molecule has 0 radical (unpaired) electrons. The van der Waals surface area contributed by atoms with Gasteiger partial charge in [-0.25, -0.2) is 8.78 Å². The van der Waals surface area contributed by atoms with E-state index >= 15 is 0 Å². The topological polar surface area (TPSA) is 41.6 Å². The third kappa shape index (κ3) is 2.49. The second kappa shape index (κ2) is 4.72. The van der Waals surface area contributed by atoms with Crippen LogP contribution in [0, 0.1) is 11.6 Å². The largest absolute Gasteiger partial charge is 0.370 e. The van der Waals surface area contributed by atoms with Gasteiger partial charge in [0, 0.05) is 24.6 Å². The number of benzene rings is 1. The van der Waals surface area contributed by atoms with Crippen LogP contribution in [0.4, 0.5) is 8.78 Å². The molecule has 20 heavy (non-hydrogen) atoms. The SMILES string of the molecule is CN(C(N)=NCC1(c2ccc(F)cc2F)CC1)C1CC1. The molecule has 0 unspecified atom stereocenters. The highest BCUT2D eigenvalue weighted by atomic mass is 19.1. The first kappa shape index (κ1) is 13.3. The van der Waals surface area contributed by atoms with Crippen LogP contribution in [0.15, 0.2) is 23.2 Å². The van der Waals surface area contributed by atoms with E-state index in [1.807, 2.05) is 11.9 Å². The summed E-state index contributed by atoms with van der Waals surface area (Å²) in [4.78, 5) is 6.40. The van der Waals surface area contributed by atoms with Crippen molar-refractivity contribution in [1.82, 2.24) is 4.90 Å². The van der Waals surface area contributed by atoms with Gasteiger partial charge in [-0.05, 0) is 37.3 Å². The maximum atomic E-state index is 13.9. The lowest BCUT2D eigenvalue weighted by Gasteiger charge is -2.19. The van der Waals surface area contributed by atoms with E-state index in [9.17, 15) is 8.78 Å². The highest BCUT2D eigenvalue weighted by Gasteiger charge is 2.46. The Kier molecular flexibility index (Phi) is 3.15. The molecule has 0 amide bonds. The summed E-state index contributed by atoms with van der Waals surface area (Å²) < 4.78 is 26.9. The van der Waals surface area contributed by atoms with Crippen LogP contribution in [0.2, 0.25) is 0 Å². The van der Waals surface area contributed by atoms with Gasteiger partial charge in [0.05, 0.1) is 6.54 Å². The normalized spacial score (nSPS) is 20.9. The van der Waals surface area contributed by atoms with Gasteiger partial charge in [0.25, 0.3) is 0 Å². The van der Waals surface area contributed by atoms with Gasteiger partial charge in [-0.15, -0.1) is 0 Å². The summed E-state index contributed by atoms with van der Waals surface area (Å²) in [5, 5.41) is 0. The molecule has 2 aliphatic rings. The average Bonchev–Trinajstić information content (AvgIpc) is 3.28. The molecule has 2 aliphatic carbocycles. The van der Waals surface area contributed by atoms with Crippen molar-refractivity contribution in [2.24, 2.45) is 10.7 Å². The average molecular weight is 279 g/mol. The summed E-state index contributed by atoms with van der Waals surface area (Å²) in [6.07, 6.45) is 4.06. The second-order valence-electron chi connectivity index (χ2n) is 5.92. The van der Waals surface area contributed by atoms with Gasteiger partial charge in [-0.3, -0.25) is 4.99 Å². The van der Waals surface area contributed by atoms with Crippen molar-refractivity contribution in [2.45, 2.75) is 37.1 Å². The zero-order valence-electron chi connectivity index (χ0n) is 11.6. The molecule has 1 aromatic rings. The Balaban J connectivity index is 1.74. The fourth-order valence-electron chi connectivity index (χ4n) is 2.58. The van der Waals surface area contributed by atoms with Crippen molar-refractivity contribution in [3.8, 4) is 0 Å². The molecule has 2 fully saturated rings. The zero-order valence-corrected chi connectivity index (χ0v) is 11.6. The Labute approximate surface area is 117 Å². The van der Waals surface area contributed by atoms with Crippen LogP contribution in [0.25, 0.3) is 0 Å². The maximum absolute atomic E-state index is 13.9. The first-order chi connectivity index (χ1) is 9.52. The lowest BCUT2D eigenvalue weighted by molar-refractivity contribution is 0.484. The van der Waals surface area contributed by atoms with Crippen LogP contribution >= 0.6 is 0 Å². The van der Waals surface area contributed by atoms with Gasteiger partial charge in [-0.1, -0.05) is 6.07 Å². The van der Waals surface area contributed by atoms with E-state index in [4.69, 9.17) is 5.73 Å². The van der Waals surface area contributed by atoms with Crippen LogP contribution in [-0.4, -0.2) is 30.5 Å². The van der Waals surface area contributed by atoms with Crippen molar-refractivity contribution in [3.05, 3.63) is 35.4 Å². The number of hydrogen-bond acceptors (Lipinski definition) is 1. The fraction of sp³-hybridized carbons (Fsp3) is 0.533. The lowest BCUT2D eigenvalue weighted by atomic mass is 9.95. The minimum atomic E-state index is -0.543. The molecule has 108 valence electrons. The molecule has 0 aromatic heterocycles. The zero-order chi connectivity index (χ0) is 14.3. The molecule has 0 aliphatic heterocycles. The van der Waals surface area contributed by atoms with Gasteiger partial charge in [-0.2, -0.15) is 0 Å². The molecular formula is C15H19F2N3. The number of aliphatic imine (C=N–C) groups is 1. The Morgan fingerprint density at radius 3 is 2.65 bits per heavy atom. The van der Waals surface area contributed by atoms with E-state index in [1.54, 1.807) is 0 Å². The number of halogens is 2. The quantitative estimate of drug-likeness (QED) is 0.679. The second-order valence-corrected chi connectivity index (χ2v) is 5.92. The molecule has 0 atom stereocenters. The van der Waals surface area contributed by atoms with Crippen molar-refractivity contribution in [2.75, 3.05) is 13.6 Å². The molecule has 0 saturated heterocycles. The van der Waals surface area contributed by atoms with Crippen molar-refractivity contribution >= 4 is 5.96 Å². The Morgan fingerprint density at radius 2 is 2.10 bits per heavy atom. The molecule has 2 saturated carbocycles. The monoisotopic (exact) mass is 279 g/mol. The van der Waals surface area contributed by atoms with Crippen LogP contribution in [0.5, 0.6) is 0 Å². The highest BCUT2D eigenvalue weighted by molar-refractivity contribution is 5.78. The molecule has 2 N–H and O–H groups in total. The Hall–Kier alpha value is -1.65. The number of guanidine groups is 1. The minimum Gasteiger partial charge on any atom is -0.370 e. The van der Waals surface area contributed by atoms with E-state index in [0.717, 1.165) is 31.7 Å². The first-order valence-electron chi connectivity index (χ1n) is 7.00. The number of rotatable bonds is 4. The van der Waals surface area contributed by atoms with E-state index in [2.05, 4.69) is 4.99 Å². The van der Waals surface area contributed by atoms with Crippen molar-refractivity contribution < 1.29 is 8.78 Å². The third-order valence-corrected chi connectivity index (χ3v) is 4.36. The summed E-state index contributed by atoms with van der Waals surface area (Å²) in [5.41, 5.74) is 6.23. The summed E-state index contributed by atoms with van der Waals surface area (Å²) >= 11 is 0. The molecule has 0 spiro atoms. The number of nitrogens with zero attached hydrogens (tertiary/aromatic N) is 2. The van der Waals surface area contributed by atoms with Crippen LogP contribution < -0.4 is 5.73 Å². The van der Waals surface area contributed by atoms with Gasteiger partial charge >= 0.3 is 0 Å². The predicted octanol–water partition coefficient (Wildman–Crippen LogP) is 2.41. The van der Waals surface area contributed by atoms with Crippen molar-refractivity contribution in [1.29, 1.82) is 0 Å². The van der Waals surface area contributed by atoms with Gasteiger partial charge in [0.1, 0.15) is 11.6 Å². The fourth-order valence-corrected chi connectivity index (χ4v) is 2.58. The first-order valence-corrected chi connectivity index (χ1v) is 7.00.